The predicted octanol–water partition coefficient (Wildman–Crippen LogP) is 4.03. The van der Waals surface area contributed by atoms with Crippen LogP contribution in [0.15, 0.2) is 42.5 Å². The summed E-state index contributed by atoms with van der Waals surface area (Å²) in [4.78, 5) is 0. The second kappa shape index (κ2) is 4.56. The van der Waals surface area contributed by atoms with Gasteiger partial charge in [-0.05, 0) is 36.1 Å². The highest BCUT2D eigenvalue weighted by atomic mass is 19.4. The molecule has 0 aromatic heterocycles. The first-order chi connectivity index (χ1) is 9.84. The second-order valence-electron chi connectivity index (χ2n) is 5.17. The Morgan fingerprint density at radius 1 is 0.952 bits per heavy atom. The number of halogens is 4. The Morgan fingerprint density at radius 2 is 1.62 bits per heavy atom. The summed E-state index contributed by atoms with van der Waals surface area (Å²) in [6.45, 7) is 0. The van der Waals surface area contributed by atoms with Crippen LogP contribution >= 0.6 is 0 Å². The lowest BCUT2D eigenvalue weighted by Crippen LogP contribution is -2.27. The molecular weight excluding hydrogens is 284 g/mol. The summed E-state index contributed by atoms with van der Waals surface area (Å²) in [5.74, 6) is -0.493. The van der Waals surface area contributed by atoms with E-state index in [1.165, 1.54) is 36.4 Å². The Morgan fingerprint density at radius 3 is 2.33 bits per heavy atom. The van der Waals surface area contributed by atoms with Crippen molar-refractivity contribution in [2.75, 3.05) is 0 Å². The Balaban J connectivity index is 2.22. The van der Waals surface area contributed by atoms with Gasteiger partial charge in [-0.2, -0.15) is 13.2 Å². The van der Waals surface area contributed by atoms with Gasteiger partial charge >= 0.3 is 6.18 Å². The molecule has 1 aliphatic carbocycles. The van der Waals surface area contributed by atoms with E-state index in [0.717, 1.165) is 6.07 Å². The number of benzene rings is 2. The van der Waals surface area contributed by atoms with Crippen molar-refractivity contribution in [1.82, 2.24) is 0 Å². The van der Waals surface area contributed by atoms with Crippen LogP contribution in [0.5, 0.6) is 0 Å². The summed E-state index contributed by atoms with van der Waals surface area (Å²) in [7, 11) is 0. The van der Waals surface area contributed by atoms with Crippen LogP contribution in [-0.2, 0) is 18.2 Å². The minimum Gasteiger partial charge on any atom is -0.380 e. The highest BCUT2D eigenvalue weighted by molar-refractivity contribution is 5.48. The van der Waals surface area contributed by atoms with E-state index >= 15 is 0 Å². The van der Waals surface area contributed by atoms with Crippen LogP contribution in [0.2, 0.25) is 0 Å². The zero-order chi connectivity index (χ0) is 15.3. The molecule has 0 heterocycles. The topological polar surface area (TPSA) is 20.2 Å². The molecule has 1 unspecified atom stereocenters. The van der Waals surface area contributed by atoms with Crippen molar-refractivity contribution in [3.8, 4) is 0 Å². The number of alkyl halides is 3. The quantitative estimate of drug-likeness (QED) is 0.788. The van der Waals surface area contributed by atoms with Gasteiger partial charge in [0.05, 0.1) is 5.56 Å². The van der Waals surface area contributed by atoms with Crippen LogP contribution in [-0.4, -0.2) is 5.11 Å². The third-order valence-corrected chi connectivity index (χ3v) is 3.98. The van der Waals surface area contributed by atoms with E-state index in [2.05, 4.69) is 0 Å². The van der Waals surface area contributed by atoms with E-state index in [-0.39, 0.29) is 29.5 Å². The summed E-state index contributed by atoms with van der Waals surface area (Å²) >= 11 is 0. The zero-order valence-electron chi connectivity index (χ0n) is 10.9. The van der Waals surface area contributed by atoms with Crippen molar-refractivity contribution < 1.29 is 22.7 Å². The van der Waals surface area contributed by atoms with Gasteiger partial charge in [-0.3, -0.25) is 0 Å². The van der Waals surface area contributed by atoms with Gasteiger partial charge in [-0.15, -0.1) is 0 Å². The van der Waals surface area contributed by atoms with E-state index in [1.54, 1.807) is 0 Å². The molecule has 2 aromatic carbocycles. The molecule has 5 heteroatoms. The van der Waals surface area contributed by atoms with Crippen molar-refractivity contribution >= 4 is 0 Å². The van der Waals surface area contributed by atoms with E-state index in [0.29, 0.717) is 0 Å². The van der Waals surface area contributed by atoms with Gasteiger partial charge in [0.15, 0.2) is 0 Å². The molecule has 0 bridgehead atoms. The van der Waals surface area contributed by atoms with Crippen LogP contribution in [0.25, 0.3) is 0 Å². The molecule has 21 heavy (non-hydrogen) atoms. The van der Waals surface area contributed by atoms with E-state index < -0.39 is 23.2 Å². The number of hydrogen-bond donors (Lipinski definition) is 1. The first-order valence-electron chi connectivity index (χ1n) is 6.51. The van der Waals surface area contributed by atoms with Crippen molar-refractivity contribution in [3.05, 3.63) is 70.5 Å². The van der Waals surface area contributed by atoms with Gasteiger partial charge in [0.1, 0.15) is 11.4 Å². The summed E-state index contributed by atoms with van der Waals surface area (Å²) in [5.41, 5.74) is -2.40. The lowest BCUT2D eigenvalue weighted by molar-refractivity contribution is -0.140. The molecule has 1 nitrogen and oxygen atoms in total. The van der Waals surface area contributed by atoms with Crippen molar-refractivity contribution in [2.24, 2.45) is 0 Å². The monoisotopic (exact) mass is 296 g/mol. The minimum absolute atomic E-state index is 0.0381. The molecule has 110 valence electrons. The van der Waals surface area contributed by atoms with Crippen LogP contribution in [0, 0.1) is 5.82 Å². The van der Waals surface area contributed by atoms with Crippen molar-refractivity contribution in [2.45, 2.75) is 24.6 Å². The van der Waals surface area contributed by atoms with Crippen LogP contribution < -0.4 is 0 Å². The molecule has 1 atom stereocenters. The van der Waals surface area contributed by atoms with Gasteiger partial charge in [-0.25, -0.2) is 4.39 Å². The van der Waals surface area contributed by atoms with Crippen molar-refractivity contribution in [1.29, 1.82) is 0 Å². The molecule has 0 spiro atoms. The maximum absolute atomic E-state index is 13.8. The lowest BCUT2D eigenvalue weighted by Gasteiger charge is -2.28. The number of rotatable bonds is 1. The molecule has 0 aliphatic heterocycles. The van der Waals surface area contributed by atoms with Gasteiger partial charge in [0.25, 0.3) is 0 Å². The third-order valence-electron chi connectivity index (χ3n) is 3.98. The SMILES string of the molecule is OC1(c2ccccc2C(F)(F)F)CCc2c(F)cccc21. The van der Waals surface area contributed by atoms with Gasteiger partial charge in [0.2, 0.25) is 0 Å². The summed E-state index contributed by atoms with van der Waals surface area (Å²) in [6.07, 6.45) is -4.32. The van der Waals surface area contributed by atoms with Crippen molar-refractivity contribution in [3.63, 3.8) is 0 Å². The number of fused-ring (bicyclic) bond motifs is 1. The zero-order valence-corrected chi connectivity index (χ0v) is 10.9. The number of hydrogen-bond acceptors (Lipinski definition) is 1. The van der Waals surface area contributed by atoms with E-state index in [4.69, 9.17) is 0 Å². The average Bonchev–Trinajstić information content (AvgIpc) is 2.78. The molecule has 0 radical (unpaired) electrons. The largest absolute Gasteiger partial charge is 0.416 e. The average molecular weight is 296 g/mol. The highest BCUT2D eigenvalue weighted by Crippen LogP contribution is 2.46. The molecule has 2 aromatic rings. The Labute approximate surface area is 118 Å². The Bertz CT molecular complexity index is 693. The Hall–Kier alpha value is -1.88. The van der Waals surface area contributed by atoms with Crippen LogP contribution in [0.4, 0.5) is 17.6 Å². The maximum atomic E-state index is 13.8. The Kier molecular flexibility index (Phi) is 3.06. The molecular formula is C16H12F4O. The van der Waals surface area contributed by atoms with E-state index in [9.17, 15) is 22.7 Å². The first-order valence-corrected chi connectivity index (χ1v) is 6.51. The second-order valence-corrected chi connectivity index (χ2v) is 5.17. The molecule has 0 amide bonds. The van der Waals surface area contributed by atoms with Gasteiger partial charge in [0, 0.05) is 5.56 Å². The standard InChI is InChI=1S/C16H12F4O/c17-14-7-3-6-11-10(14)8-9-15(11,21)12-4-1-2-5-13(12)16(18,19)20/h1-7,21H,8-9H2. The number of aliphatic hydroxyl groups is 1. The summed E-state index contributed by atoms with van der Waals surface area (Å²) in [5, 5.41) is 10.8. The fourth-order valence-corrected chi connectivity index (χ4v) is 3.01. The minimum atomic E-state index is -4.57. The van der Waals surface area contributed by atoms with Gasteiger partial charge in [-0.1, -0.05) is 30.3 Å². The predicted molar refractivity (Wildman–Crippen MR) is 69.2 cm³/mol. The molecule has 0 saturated heterocycles. The first kappa shape index (κ1) is 14.1. The molecule has 0 fully saturated rings. The normalized spacial score (nSPS) is 21.4. The smallest absolute Gasteiger partial charge is 0.380 e. The molecule has 0 saturated carbocycles. The lowest BCUT2D eigenvalue weighted by atomic mass is 9.84. The van der Waals surface area contributed by atoms with Gasteiger partial charge < -0.3 is 5.11 Å². The molecule has 1 aliphatic rings. The van der Waals surface area contributed by atoms with Crippen LogP contribution in [0.3, 0.4) is 0 Å². The third kappa shape index (κ3) is 2.12. The fourth-order valence-electron chi connectivity index (χ4n) is 3.01. The van der Waals surface area contributed by atoms with E-state index in [1.807, 2.05) is 0 Å². The maximum Gasteiger partial charge on any atom is 0.416 e. The summed E-state index contributed by atoms with van der Waals surface area (Å²) < 4.78 is 53.2. The molecule has 3 rings (SSSR count). The fraction of sp³-hybridized carbons (Fsp3) is 0.250. The van der Waals surface area contributed by atoms with Crippen LogP contribution in [0.1, 0.15) is 28.7 Å². The highest BCUT2D eigenvalue weighted by Gasteiger charge is 2.45. The summed E-state index contributed by atoms with van der Waals surface area (Å²) in [6, 6.07) is 9.05. The molecule has 1 N–H and O–H groups in total.